The second kappa shape index (κ2) is 9.12. The summed E-state index contributed by atoms with van der Waals surface area (Å²) in [5, 5.41) is 4.31. The lowest BCUT2D eigenvalue weighted by molar-refractivity contribution is -0.132. The number of methoxy groups -OCH3 is 1. The van der Waals surface area contributed by atoms with Crippen molar-refractivity contribution < 1.29 is 19.1 Å². The van der Waals surface area contributed by atoms with E-state index in [4.69, 9.17) is 27.9 Å². The summed E-state index contributed by atoms with van der Waals surface area (Å²) in [6.45, 7) is 2.20. The lowest BCUT2D eigenvalue weighted by atomic mass is 9.76. The van der Waals surface area contributed by atoms with Gasteiger partial charge in [0.2, 0.25) is 11.8 Å². The molecular weight excluding hydrogens is 525 g/mol. The number of hydrogen-bond acceptors (Lipinski definition) is 5. The Kier molecular flexibility index (Phi) is 5.98. The monoisotopic (exact) mass is 549 g/mol. The molecule has 2 fully saturated rings. The van der Waals surface area contributed by atoms with Crippen LogP contribution in [0.5, 0.6) is 5.75 Å². The van der Waals surface area contributed by atoms with E-state index in [1.807, 2.05) is 37.3 Å². The van der Waals surface area contributed by atoms with Gasteiger partial charge in [0.05, 0.1) is 41.2 Å². The zero-order valence-electron chi connectivity index (χ0n) is 20.8. The number of hydrogen-bond donors (Lipinski definition) is 1. The maximum Gasteiger partial charge on any atom is 0.253 e. The number of halogens is 2. The number of carbonyl (C=O) groups is 3. The van der Waals surface area contributed by atoms with Crippen molar-refractivity contribution in [3.63, 3.8) is 0 Å². The van der Waals surface area contributed by atoms with E-state index < -0.39 is 17.4 Å². The Morgan fingerprint density at radius 3 is 2.37 bits per heavy atom. The molecule has 7 nitrogen and oxygen atoms in total. The van der Waals surface area contributed by atoms with Gasteiger partial charge in [-0.3, -0.25) is 19.7 Å². The number of anilines is 2. The number of imide groups is 1. The normalized spacial score (nSPS) is 25.9. The number of nitrogens with zero attached hydrogens (tertiary/aromatic N) is 2. The minimum Gasteiger partial charge on any atom is -0.497 e. The Bertz CT molecular complexity index is 1480. The Balaban J connectivity index is 1.45. The smallest absolute Gasteiger partial charge is 0.253 e. The summed E-state index contributed by atoms with van der Waals surface area (Å²) in [5.41, 5.74) is 1.32. The molecule has 0 aliphatic carbocycles. The molecule has 3 aromatic carbocycles. The van der Waals surface area contributed by atoms with E-state index in [2.05, 4.69) is 5.32 Å². The van der Waals surface area contributed by atoms with Crippen molar-refractivity contribution in [1.29, 1.82) is 0 Å². The summed E-state index contributed by atoms with van der Waals surface area (Å²) in [5.74, 6) is -1.86. The molecule has 3 aliphatic heterocycles. The van der Waals surface area contributed by atoms with E-state index in [0.717, 1.165) is 5.56 Å². The zero-order valence-corrected chi connectivity index (χ0v) is 22.3. The Hall–Kier alpha value is -3.39. The highest BCUT2D eigenvalue weighted by Gasteiger charge is 2.71. The zero-order chi connectivity index (χ0) is 26.8. The Morgan fingerprint density at radius 2 is 1.68 bits per heavy atom. The molecule has 0 radical (unpaired) electrons. The highest BCUT2D eigenvalue weighted by atomic mass is 35.5. The van der Waals surface area contributed by atoms with Gasteiger partial charge in [-0.05, 0) is 54.4 Å². The summed E-state index contributed by atoms with van der Waals surface area (Å²) in [4.78, 5) is 45.2. The van der Waals surface area contributed by atoms with Gasteiger partial charge in [0, 0.05) is 17.3 Å². The SMILES string of the molecule is CCC1NC2(C(=O)N(Cc3ccc(Cl)c(Cl)c3)c3ccccc32)C2C(=O)N(c3ccc(OC)cc3)C(=O)C12. The van der Waals surface area contributed by atoms with Crippen molar-refractivity contribution in [3.05, 3.63) is 87.9 Å². The van der Waals surface area contributed by atoms with Crippen LogP contribution in [0, 0.1) is 11.8 Å². The second-order valence-electron chi connectivity index (χ2n) is 9.84. The summed E-state index contributed by atoms with van der Waals surface area (Å²) in [6, 6.07) is 19.2. The minimum absolute atomic E-state index is 0.245. The number of benzene rings is 3. The molecule has 3 aliphatic rings. The van der Waals surface area contributed by atoms with Crippen LogP contribution in [0.2, 0.25) is 10.0 Å². The number of ether oxygens (including phenoxy) is 1. The molecule has 4 unspecified atom stereocenters. The maximum atomic E-state index is 14.4. The van der Waals surface area contributed by atoms with Crippen molar-refractivity contribution in [3.8, 4) is 5.75 Å². The highest BCUT2D eigenvalue weighted by molar-refractivity contribution is 6.42. The number of para-hydroxylation sites is 1. The molecule has 4 atom stereocenters. The van der Waals surface area contributed by atoms with E-state index >= 15 is 0 Å². The van der Waals surface area contributed by atoms with E-state index in [1.54, 1.807) is 48.4 Å². The molecule has 3 amide bonds. The Labute approximate surface area is 230 Å². The van der Waals surface area contributed by atoms with Crippen LogP contribution in [-0.4, -0.2) is 30.9 Å². The summed E-state index contributed by atoms with van der Waals surface area (Å²) >= 11 is 12.4. The first-order valence-electron chi connectivity index (χ1n) is 12.5. The third-order valence-corrected chi connectivity index (χ3v) is 8.70. The van der Waals surface area contributed by atoms with Gasteiger partial charge in [-0.25, -0.2) is 4.90 Å². The van der Waals surface area contributed by atoms with Crippen LogP contribution in [0.25, 0.3) is 0 Å². The average molecular weight is 550 g/mol. The van der Waals surface area contributed by atoms with Gasteiger partial charge < -0.3 is 9.64 Å². The molecule has 2 saturated heterocycles. The molecule has 1 spiro atoms. The number of nitrogens with one attached hydrogen (secondary N) is 1. The lowest BCUT2D eigenvalue weighted by Crippen LogP contribution is -2.55. The van der Waals surface area contributed by atoms with Crippen LogP contribution in [0.1, 0.15) is 24.5 Å². The van der Waals surface area contributed by atoms with Crippen molar-refractivity contribution >= 4 is 52.3 Å². The fraction of sp³-hybridized carbons (Fsp3) is 0.276. The largest absolute Gasteiger partial charge is 0.497 e. The third kappa shape index (κ3) is 3.42. The van der Waals surface area contributed by atoms with E-state index in [0.29, 0.717) is 39.2 Å². The third-order valence-electron chi connectivity index (χ3n) is 7.96. The van der Waals surface area contributed by atoms with Gasteiger partial charge in [0.15, 0.2) is 0 Å². The molecule has 3 aromatic rings. The fourth-order valence-corrected chi connectivity index (χ4v) is 6.58. The van der Waals surface area contributed by atoms with E-state index in [9.17, 15) is 14.4 Å². The second-order valence-corrected chi connectivity index (χ2v) is 10.7. The van der Waals surface area contributed by atoms with Crippen molar-refractivity contribution in [1.82, 2.24) is 5.32 Å². The summed E-state index contributed by atoms with van der Waals surface area (Å²) in [6.07, 6.45) is 0.584. The van der Waals surface area contributed by atoms with Crippen LogP contribution in [0.15, 0.2) is 66.7 Å². The lowest BCUT2D eigenvalue weighted by Gasteiger charge is -2.30. The number of rotatable bonds is 5. The van der Waals surface area contributed by atoms with Gasteiger partial charge in [-0.2, -0.15) is 0 Å². The van der Waals surface area contributed by atoms with E-state index in [-0.39, 0.29) is 30.3 Å². The van der Waals surface area contributed by atoms with E-state index in [1.165, 1.54) is 4.90 Å². The molecule has 0 saturated carbocycles. The fourth-order valence-electron chi connectivity index (χ4n) is 6.26. The molecule has 3 heterocycles. The molecule has 0 aromatic heterocycles. The number of carbonyl (C=O) groups excluding carboxylic acids is 3. The van der Waals surface area contributed by atoms with Crippen molar-refractivity contribution in [2.75, 3.05) is 16.9 Å². The molecule has 6 rings (SSSR count). The van der Waals surface area contributed by atoms with Crippen molar-refractivity contribution in [2.24, 2.45) is 11.8 Å². The quantitative estimate of drug-likeness (QED) is 0.456. The molecule has 1 N–H and O–H groups in total. The van der Waals surface area contributed by atoms with Gasteiger partial charge in [-0.15, -0.1) is 0 Å². The van der Waals surface area contributed by atoms with Gasteiger partial charge >= 0.3 is 0 Å². The average Bonchev–Trinajstić information content (AvgIpc) is 3.50. The number of amides is 3. The molecule has 9 heteroatoms. The van der Waals surface area contributed by atoms with Crippen LogP contribution in [-0.2, 0) is 26.5 Å². The minimum atomic E-state index is -1.36. The van der Waals surface area contributed by atoms with Crippen LogP contribution in [0.4, 0.5) is 11.4 Å². The van der Waals surface area contributed by atoms with Crippen LogP contribution in [0.3, 0.4) is 0 Å². The molecule has 194 valence electrons. The van der Waals surface area contributed by atoms with Gasteiger partial charge in [0.25, 0.3) is 5.91 Å². The van der Waals surface area contributed by atoms with Crippen molar-refractivity contribution in [2.45, 2.75) is 31.5 Å². The van der Waals surface area contributed by atoms with Crippen LogP contribution < -0.4 is 19.9 Å². The van der Waals surface area contributed by atoms with Gasteiger partial charge in [0.1, 0.15) is 11.3 Å². The van der Waals surface area contributed by atoms with Gasteiger partial charge in [-0.1, -0.05) is 54.4 Å². The number of fused-ring (bicyclic) bond motifs is 4. The predicted molar refractivity (Wildman–Crippen MR) is 145 cm³/mol. The summed E-state index contributed by atoms with van der Waals surface area (Å²) < 4.78 is 5.23. The molecular formula is C29H25Cl2N3O4. The standard InChI is InChI=1S/C29H25Cl2N3O4/c1-3-22-24-25(27(36)34(26(24)35)17-9-11-18(38-2)12-10-17)29(32-22)19-6-4-5-7-23(19)33(28(29)37)15-16-8-13-20(30)21(31)14-16/h4-14,22,24-25,32H,3,15H2,1-2H3. The first kappa shape index (κ1) is 24.9. The topological polar surface area (TPSA) is 79.0 Å². The summed E-state index contributed by atoms with van der Waals surface area (Å²) in [7, 11) is 1.56. The first-order chi connectivity index (χ1) is 18.3. The van der Waals surface area contributed by atoms with Crippen LogP contribution >= 0.6 is 23.2 Å². The predicted octanol–water partition coefficient (Wildman–Crippen LogP) is 4.93. The molecule has 38 heavy (non-hydrogen) atoms. The first-order valence-corrected chi connectivity index (χ1v) is 13.2. The Morgan fingerprint density at radius 1 is 0.947 bits per heavy atom. The molecule has 0 bridgehead atoms. The maximum absolute atomic E-state index is 14.4. The highest BCUT2D eigenvalue weighted by Crippen LogP contribution is 2.55.